The highest BCUT2D eigenvalue weighted by molar-refractivity contribution is 9.10. The summed E-state index contributed by atoms with van der Waals surface area (Å²) in [5, 5.41) is 3.49. The monoisotopic (exact) mass is 315 g/mol. The van der Waals surface area contributed by atoms with E-state index >= 15 is 0 Å². The van der Waals surface area contributed by atoms with Gasteiger partial charge in [-0.1, -0.05) is 13.8 Å². The Balaban J connectivity index is 1.82. The molecule has 0 amide bonds. The molecule has 0 spiro atoms. The summed E-state index contributed by atoms with van der Waals surface area (Å²) in [6, 6.07) is 5.56. The van der Waals surface area contributed by atoms with Gasteiger partial charge < -0.3 is 10.1 Å². The Kier molecular flexibility index (Phi) is 4.28. The van der Waals surface area contributed by atoms with Crippen molar-refractivity contribution in [1.29, 1.82) is 0 Å². The molecule has 100 valence electrons. The quantitative estimate of drug-likeness (QED) is 0.863. The number of hydrogen-bond acceptors (Lipinski definition) is 2. The maximum absolute atomic E-state index is 13.3. The van der Waals surface area contributed by atoms with Crippen molar-refractivity contribution in [1.82, 2.24) is 5.32 Å². The molecule has 0 radical (unpaired) electrons. The zero-order chi connectivity index (χ0) is 13.2. The van der Waals surface area contributed by atoms with E-state index in [9.17, 15) is 4.39 Å². The van der Waals surface area contributed by atoms with Crippen LogP contribution in [0.25, 0.3) is 0 Å². The zero-order valence-corrected chi connectivity index (χ0v) is 12.4. The molecule has 4 heteroatoms. The van der Waals surface area contributed by atoms with E-state index in [2.05, 4.69) is 35.1 Å². The van der Waals surface area contributed by atoms with Gasteiger partial charge in [-0.05, 0) is 40.9 Å². The van der Waals surface area contributed by atoms with Gasteiger partial charge in [0.1, 0.15) is 11.6 Å². The van der Waals surface area contributed by atoms with Crippen LogP contribution in [-0.2, 0) is 0 Å². The fourth-order valence-corrected chi connectivity index (χ4v) is 1.85. The van der Waals surface area contributed by atoms with E-state index < -0.39 is 0 Å². The lowest BCUT2D eigenvalue weighted by molar-refractivity contribution is 0.175. The molecule has 2 nitrogen and oxygen atoms in total. The van der Waals surface area contributed by atoms with Crippen LogP contribution in [0.15, 0.2) is 22.7 Å². The molecule has 1 N–H and O–H groups in total. The molecule has 1 aromatic carbocycles. The molecule has 0 bridgehead atoms. The average Bonchev–Trinajstić information content (AvgIpc) is 3.12. The highest BCUT2D eigenvalue weighted by Gasteiger charge is 2.25. The molecular weight excluding hydrogens is 297 g/mol. The molecule has 18 heavy (non-hydrogen) atoms. The van der Waals surface area contributed by atoms with Crippen molar-refractivity contribution < 1.29 is 9.13 Å². The summed E-state index contributed by atoms with van der Waals surface area (Å²) in [5.41, 5.74) is 0.0478. The Morgan fingerprint density at radius 1 is 1.44 bits per heavy atom. The molecule has 0 heterocycles. The smallest absolute Gasteiger partial charge is 0.141 e. The lowest BCUT2D eigenvalue weighted by Gasteiger charge is -2.25. The van der Waals surface area contributed by atoms with E-state index in [4.69, 9.17) is 4.74 Å². The SMILES string of the molecule is CC(C)(CNC1CC1)COc1ccc(Br)c(F)c1. The van der Waals surface area contributed by atoms with Crippen LogP contribution in [0.5, 0.6) is 5.75 Å². The van der Waals surface area contributed by atoms with Crippen molar-refractivity contribution in [3.63, 3.8) is 0 Å². The third kappa shape index (κ3) is 4.25. The zero-order valence-electron chi connectivity index (χ0n) is 10.8. The van der Waals surface area contributed by atoms with E-state index in [-0.39, 0.29) is 11.2 Å². The average molecular weight is 316 g/mol. The van der Waals surface area contributed by atoms with Crippen molar-refractivity contribution in [2.45, 2.75) is 32.7 Å². The maximum atomic E-state index is 13.3. The van der Waals surface area contributed by atoms with Gasteiger partial charge in [-0.15, -0.1) is 0 Å². The second kappa shape index (κ2) is 5.57. The molecule has 0 unspecified atom stereocenters. The molecule has 1 fully saturated rings. The predicted molar refractivity (Wildman–Crippen MR) is 74.4 cm³/mol. The fourth-order valence-electron chi connectivity index (χ4n) is 1.60. The van der Waals surface area contributed by atoms with Gasteiger partial charge in [0, 0.05) is 24.1 Å². The molecule has 0 atom stereocenters. The normalized spacial score (nSPS) is 15.8. The summed E-state index contributed by atoms with van der Waals surface area (Å²) in [6.07, 6.45) is 2.57. The minimum absolute atomic E-state index is 0.0478. The van der Waals surface area contributed by atoms with Crippen molar-refractivity contribution >= 4 is 15.9 Å². The van der Waals surface area contributed by atoms with Gasteiger partial charge in [-0.3, -0.25) is 0 Å². The van der Waals surface area contributed by atoms with Crippen molar-refractivity contribution in [2.75, 3.05) is 13.2 Å². The summed E-state index contributed by atoms with van der Waals surface area (Å²) in [7, 11) is 0. The third-order valence-corrected chi connectivity index (χ3v) is 3.61. The predicted octanol–water partition coefficient (Wildman–Crippen LogP) is 3.75. The number of nitrogens with one attached hydrogen (secondary N) is 1. The Hall–Kier alpha value is -0.610. The Morgan fingerprint density at radius 3 is 2.78 bits per heavy atom. The van der Waals surface area contributed by atoms with Crippen LogP contribution in [0.1, 0.15) is 26.7 Å². The van der Waals surface area contributed by atoms with Crippen LogP contribution in [-0.4, -0.2) is 19.2 Å². The molecule has 1 saturated carbocycles. The second-order valence-corrected chi connectivity index (χ2v) is 6.54. The third-order valence-electron chi connectivity index (χ3n) is 2.97. The van der Waals surface area contributed by atoms with Gasteiger partial charge in [0.25, 0.3) is 0 Å². The van der Waals surface area contributed by atoms with E-state index in [1.54, 1.807) is 12.1 Å². The lowest BCUT2D eigenvalue weighted by Crippen LogP contribution is -2.35. The first-order valence-electron chi connectivity index (χ1n) is 6.27. The summed E-state index contributed by atoms with van der Waals surface area (Å²) in [6.45, 7) is 5.81. The molecule has 0 aromatic heterocycles. The first kappa shape index (κ1) is 13.8. The highest BCUT2D eigenvalue weighted by Crippen LogP contribution is 2.24. The Morgan fingerprint density at radius 2 is 2.17 bits per heavy atom. The van der Waals surface area contributed by atoms with Gasteiger partial charge >= 0.3 is 0 Å². The maximum Gasteiger partial charge on any atom is 0.141 e. The van der Waals surface area contributed by atoms with Crippen molar-refractivity contribution in [2.24, 2.45) is 5.41 Å². The molecular formula is C14H19BrFNO. The van der Waals surface area contributed by atoms with Crippen molar-refractivity contribution in [3.05, 3.63) is 28.5 Å². The second-order valence-electron chi connectivity index (χ2n) is 5.68. The standard InChI is InChI=1S/C14H19BrFNO/c1-14(2,8-17-10-3-4-10)9-18-11-5-6-12(15)13(16)7-11/h5-7,10,17H,3-4,8-9H2,1-2H3. The molecule has 1 aromatic rings. The van der Waals surface area contributed by atoms with Crippen LogP contribution in [0.2, 0.25) is 0 Å². The van der Waals surface area contributed by atoms with Crippen LogP contribution < -0.4 is 10.1 Å². The largest absolute Gasteiger partial charge is 0.493 e. The Bertz CT molecular complexity index is 418. The van der Waals surface area contributed by atoms with Gasteiger partial charge in [-0.2, -0.15) is 0 Å². The van der Waals surface area contributed by atoms with Crippen molar-refractivity contribution in [3.8, 4) is 5.75 Å². The fraction of sp³-hybridized carbons (Fsp3) is 0.571. The lowest BCUT2D eigenvalue weighted by atomic mass is 9.95. The van der Waals surface area contributed by atoms with Crippen LogP contribution in [0.3, 0.4) is 0 Å². The van der Waals surface area contributed by atoms with E-state index in [1.165, 1.54) is 18.9 Å². The van der Waals surface area contributed by atoms with Crippen LogP contribution >= 0.6 is 15.9 Å². The van der Waals surface area contributed by atoms with E-state index in [0.29, 0.717) is 22.9 Å². The number of benzene rings is 1. The van der Waals surface area contributed by atoms with Gasteiger partial charge in [-0.25, -0.2) is 4.39 Å². The van der Waals surface area contributed by atoms with E-state index in [1.807, 2.05) is 0 Å². The van der Waals surface area contributed by atoms with E-state index in [0.717, 1.165) is 6.54 Å². The van der Waals surface area contributed by atoms with Crippen LogP contribution in [0, 0.1) is 11.2 Å². The number of hydrogen-bond donors (Lipinski definition) is 1. The number of ether oxygens (including phenoxy) is 1. The minimum Gasteiger partial charge on any atom is -0.493 e. The van der Waals surface area contributed by atoms with Crippen LogP contribution in [0.4, 0.5) is 4.39 Å². The van der Waals surface area contributed by atoms with Gasteiger partial charge in [0.15, 0.2) is 0 Å². The summed E-state index contributed by atoms with van der Waals surface area (Å²) < 4.78 is 19.4. The van der Waals surface area contributed by atoms with Gasteiger partial charge in [0.05, 0.1) is 11.1 Å². The highest BCUT2D eigenvalue weighted by atomic mass is 79.9. The molecule has 0 saturated heterocycles. The summed E-state index contributed by atoms with van der Waals surface area (Å²) in [5.74, 6) is 0.289. The molecule has 0 aliphatic heterocycles. The summed E-state index contributed by atoms with van der Waals surface area (Å²) >= 11 is 3.13. The molecule has 1 aliphatic rings. The topological polar surface area (TPSA) is 21.3 Å². The summed E-state index contributed by atoms with van der Waals surface area (Å²) in [4.78, 5) is 0. The minimum atomic E-state index is -0.290. The first-order valence-corrected chi connectivity index (χ1v) is 7.07. The molecule has 2 rings (SSSR count). The molecule has 1 aliphatic carbocycles. The number of rotatable bonds is 6. The Labute approximate surface area is 116 Å². The number of halogens is 2. The first-order chi connectivity index (χ1) is 8.46. The van der Waals surface area contributed by atoms with Gasteiger partial charge in [0.2, 0.25) is 0 Å².